The summed E-state index contributed by atoms with van der Waals surface area (Å²) < 4.78 is 0. The summed E-state index contributed by atoms with van der Waals surface area (Å²) in [6.45, 7) is 4.89. The molecule has 98 valence electrons. The van der Waals surface area contributed by atoms with Crippen LogP contribution in [0.2, 0.25) is 0 Å². The number of thioether (sulfide) groups is 1. The number of nitrogen functional groups attached to an aromatic ring is 1. The van der Waals surface area contributed by atoms with Crippen molar-refractivity contribution >= 4 is 23.4 Å². The van der Waals surface area contributed by atoms with Gasteiger partial charge in [0, 0.05) is 23.2 Å². The number of rotatable bonds is 5. The smallest absolute Gasteiger partial charge is 0.233 e. The standard InChI is InChI=1S/C14H20N2OS/c1-3-16(11-5-6-11)14(17)9-18-13-8-10(2)4-7-12(13)15/h4,7-8,11H,3,5-6,9,15H2,1-2H3. The molecule has 1 fully saturated rings. The Hall–Kier alpha value is -1.16. The van der Waals surface area contributed by atoms with E-state index in [0.29, 0.717) is 11.8 Å². The van der Waals surface area contributed by atoms with Gasteiger partial charge in [0.05, 0.1) is 5.75 Å². The molecule has 0 atom stereocenters. The molecule has 1 aliphatic rings. The third-order valence-corrected chi connectivity index (χ3v) is 4.22. The summed E-state index contributed by atoms with van der Waals surface area (Å²) in [7, 11) is 0. The number of carbonyl (C=O) groups excluding carboxylic acids is 1. The van der Waals surface area contributed by atoms with Crippen molar-refractivity contribution in [3.63, 3.8) is 0 Å². The predicted octanol–water partition coefficient (Wildman–Crippen LogP) is 2.68. The van der Waals surface area contributed by atoms with E-state index < -0.39 is 0 Å². The molecular weight excluding hydrogens is 244 g/mol. The molecule has 1 saturated carbocycles. The zero-order chi connectivity index (χ0) is 13.1. The first-order chi connectivity index (χ1) is 8.61. The number of hydrogen-bond acceptors (Lipinski definition) is 3. The molecule has 2 N–H and O–H groups in total. The second-order valence-electron chi connectivity index (χ2n) is 4.74. The number of amides is 1. The van der Waals surface area contributed by atoms with Crippen LogP contribution in [0.25, 0.3) is 0 Å². The molecule has 1 aliphatic carbocycles. The van der Waals surface area contributed by atoms with E-state index in [1.54, 1.807) is 11.8 Å². The number of hydrogen-bond donors (Lipinski definition) is 1. The largest absolute Gasteiger partial charge is 0.398 e. The lowest BCUT2D eigenvalue weighted by atomic mass is 10.2. The Morgan fingerprint density at radius 1 is 1.50 bits per heavy atom. The van der Waals surface area contributed by atoms with Crippen LogP contribution in [0, 0.1) is 6.92 Å². The van der Waals surface area contributed by atoms with Crippen LogP contribution in [0.1, 0.15) is 25.3 Å². The number of nitrogens with zero attached hydrogens (tertiary/aromatic N) is 1. The molecule has 2 rings (SSSR count). The number of carbonyl (C=O) groups is 1. The molecule has 4 heteroatoms. The molecule has 1 aromatic carbocycles. The predicted molar refractivity (Wildman–Crippen MR) is 76.7 cm³/mol. The van der Waals surface area contributed by atoms with Crippen LogP contribution in [0.15, 0.2) is 23.1 Å². The van der Waals surface area contributed by atoms with Crippen molar-refractivity contribution in [2.45, 2.75) is 37.6 Å². The first-order valence-corrected chi connectivity index (χ1v) is 7.38. The van der Waals surface area contributed by atoms with E-state index in [4.69, 9.17) is 5.73 Å². The fraction of sp³-hybridized carbons (Fsp3) is 0.500. The highest BCUT2D eigenvalue weighted by Gasteiger charge is 2.31. The van der Waals surface area contributed by atoms with Crippen LogP contribution in [-0.4, -0.2) is 29.1 Å². The molecule has 0 unspecified atom stereocenters. The summed E-state index contributed by atoms with van der Waals surface area (Å²) in [4.78, 5) is 15.1. The summed E-state index contributed by atoms with van der Waals surface area (Å²) in [5.41, 5.74) is 7.84. The molecule has 0 bridgehead atoms. The molecule has 0 radical (unpaired) electrons. The van der Waals surface area contributed by atoms with Gasteiger partial charge in [0.25, 0.3) is 0 Å². The average Bonchev–Trinajstić information content (AvgIpc) is 3.16. The van der Waals surface area contributed by atoms with Crippen molar-refractivity contribution < 1.29 is 4.79 Å². The van der Waals surface area contributed by atoms with Crippen LogP contribution in [0.5, 0.6) is 0 Å². The number of benzene rings is 1. The Bertz CT molecular complexity index is 443. The lowest BCUT2D eigenvalue weighted by Gasteiger charge is -2.20. The molecule has 3 nitrogen and oxygen atoms in total. The Kier molecular flexibility index (Phi) is 4.17. The highest BCUT2D eigenvalue weighted by atomic mass is 32.2. The number of aryl methyl sites for hydroxylation is 1. The minimum absolute atomic E-state index is 0.228. The van der Waals surface area contributed by atoms with Gasteiger partial charge in [0.1, 0.15) is 0 Å². The molecule has 0 aromatic heterocycles. The Balaban J connectivity index is 1.94. The van der Waals surface area contributed by atoms with E-state index in [2.05, 4.69) is 0 Å². The fourth-order valence-corrected chi connectivity index (χ4v) is 2.96. The average molecular weight is 264 g/mol. The highest BCUT2D eigenvalue weighted by Crippen LogP contribution is 2.29. The summed E-state index contributed by atoms with van der Waals surface area (Å²) >= 11 is 1.54. The maximum Gasteiger partial charge on any atom is 0.233 e. The lowest BCUT2D eigenvalue weighted by Crippen LogP contribution is -2.34. The number of anilines is 1. The van der Waals surface area contributed by atoms with Gasteiger partial charge >= 0.3 is 0 Å². The maximum absolute atomic E-state index is 12.1. The van der Waals surface area contributed by atoms with Crippen molar-refractivity contribution in [3.8, 4) is 0 Å². The first-order valence-electron chi connectivity index (χ1n) is 6.40. The maximum atomic E-state index is 12.1. The molecule has 1 amide bonds. The zero-order valence-corrected chi connectivity index (χ0v) is 11.8. The van der Waals surface area contributed by atoms with Crippen molar-refractivity contribution in [2.75, 3.05) is 18.0 Å². The third kappa shape index (κ3) is 3.19. The van der Waals surface area contributed by atoms with Gasteiger partial charge in [-0.3, -0.25) is 4.79 Å². The highest BCUT2D eigenvalue weighted by molar-refractivity contribution is 8.00. The van der Waals surface area contributed by atoms with Gasteiger partial charge in [-0.15, -0.1) is 11.8 Å². The van der Waals surface area contributed by atoms with Crippen molar-refractivity contribution in [1.82, 2.24) is 4.90 Å². The van der Waals surface area contributed by atoms with E-state index in [0.717, 1.165) is 30.0 Å². The Morgan fingerprint density at radius 3 is 2.83 bits per heavy atom. The van der Waals surface area contributed by atoms with Crippen LogP contribution >= 0.6 is 11.8 Å². The molecule has 1 aromatic rings. The second-order valence-corrected chi connectivity index (χ2v) is 5.76. The zero-order valence-electron chi connectivity index (χ0n) is 11.0. The normalized spacial score (nSPS) is 14.6. The van der Waals surface area contributed by atoms with E-state index in [-0.39, 0.29) is 5.91 Å². The second kappa shape index (κ2) is 5.65. The van der Waals surface area contributed by atoms with Gasteiger partial charge in [-0.05, 0) is 44.4 Å². The monoisotopic (exact) mass is 264 g/mol. The van der Waals surface area contributed by atoms with Crippen LogP contribution < -0.4 is 5.73 Å². The Labute approximate surface area is 113 Å². The van der Waals surface area contributed by atoms with E-state index >= 15 is 0 Å². The van der Waals surface area contributed by atoms with Crippen molar-refractivity contribution in [1.29, 1.82) is 0 Å². The van der Waals surface area contributed by atoms with Crippen LogP contribution in [0.3, 0.4) is 0 Å². The first kappa shape index (κ1) is 13.3. The van der Waals surface area contributed by atoms with Gasteiger partial charge < -0.3 is 10.6 Å². The molecule has 0 aliphatic heterocycles. The molecule has 0 saturated heterocycles. The van der Waals surface area contributed by atoms with Gasteiger partial charge in [-0.25, -0.2) is 0 Å². The molecule has 0 heterocycles. The summed E-state index contributed by atoms with van der Waals surface area (Å²) in [5, 5.41) is 0. The SMILES string of the molecule is CCN(C(=O)CSc1cc(C)ccc1N)C1CC1. The van der Waals surface area contributed by atoms with Gasteiger partial charge in [-0.1, -0.05) is 6.07 Å². The molecule has 0 spiro atoms. The fourth-order valence-electron chi connectivity index (χ4n) is 2.01. The van der Waals surface area contributed by atoms with E-state index in [9.17, 15) is 4.79 Å². The van der Waals surface area contributed by atoms with Gasteiger partial charge in [0.15, 0.2) is 0 Å². The van der Waals surface area contributed by atoms with Crippen LogP contribution in [-0.2, 0) is 4.79 Å². The van der Waals surface area contributed by atoms with Crippen molar-refractivity contribution in [3.05, 3.63) is 23.8 Å². The lowest BCUT2D eigenvalue weighted by molar-refractivity contribution is -0.128. The topological polar surface area (TPSA) is 46.3 Å². The minimum Gasteiger partial charge on any atom is -0.398 e. The summed E-state index contributed by atoms with van der Waals surface area (Å²) in [6, 6.07) is 6.43. The summed E-state index contributed by atoms with van der Waals surface area (Å²) in [5.74, 6) is 0.712. The van der Waals surface area contributed by atoms with Crippen molar-refractivity contribution in [2.24, 2.45) is 0 Å². The summed E-state index contributed by atoms with van der Waals surface area (Å²) in [6.07, 6.45) is 2.33. The van der Waals surface area contributed by atoms with E-state index in [1.807, 2.05) is 36.9 Å². The molecular formula is C14H20N2OS. The quantitative estimate of drug-likeness (QED) is 0.657. The van der Waals surface area contributed by atoms with E-state index in [1.165, 1.54) is 5.56 Å². The number of nitrogens with two attached hydrogens (primary N) is 1. The van der Waals surface area contributed by atoms with Gasteiger partial charge in [-0.2, -0.15) is 0 Å². The molecule has 18 heavy (non-hydrogen) atoms. The Morgan fingerprint density at radius 2 is 2.22 bits per heavy atom. The van der Waals surface area contributed by atoms with Gasteiger partial charge in [0.2, 0.25) is 5.91 Å². The van der Waals surface area contributed by atoms with Crippen LogP contribution in [0.4, 0.5) is 5.69 Å². The minimum atomic E-state index is 0.228. The third-order valence-electron chi connectivity index (χ3n) is 3.17.